The monoisotopic (exact) mass is 362 g/mol. The zero-order valence-corrected chi connectivity index (χ0v) is 15.5. The molecule has 138 valence electrons. The summed E-state index contributed by atoms with van der Waals surface area (Å²) < 4.78 is 11.6. The van der Waals surface area contributed by atoms with E-state index in [4.69, 9.17) is 9.47 Å². The molecule has 0 N–H and O–H groups in total. The minimum absolute atomic E-state index is 0.187. The number of methoxy groups -OCH3 is 1. The SMILES string of the molecule is COc1ccncc1-c1ccc(OCC2CC(=O)N(C)C2)c2ccccc12. The van der Waals surface area contributed by atoms with Gasteiger partial charge >= 0.3 is 0 Å². The molecule has 1 unspecified atom stereocenters. The van der Waals surface area contributed by atoms with Gasteiger partial charge in [0.05, 0.1) is 13.7 Å². The highest BCUT2D eigenvalue weighted by Gasteiger charge is 2.27. The number of carbonyl (C=O) groups is 1. The van der Waals surface area contributed by atoms with Crippen molar-refractivity contribution >= 4 is 16.7 Å². The highest BCUT2D eigenvalue weighted by Crippen LogP contribution is 2.38. The zero-order valence-electron chi connectivity index (χ0n) is 15.5. The second-order valence-electron chi connectivity index (χ2n) is 6.89. The smallest absolute Gasteiger partial charge is 0.222 e. The van der Waals surface area contributed by atoms with Crippen molar-refractivity contribution in [2.24, 2.45) is 5.92 Å². The predicted molar refractivity (Wildman–Crippen MR) is 105 cm³/mol. The maximum absolute atomic E-state index is 11.7. The van der Waals surface area contributed by atoms with Gasteiger partial charge in [-0.1, -0.05) is 24.3 Å². The molecule has 0 aliphatic carbocycles. The van der Waals surface area contributed by atoms with E-state index in [0.717, 1.165) is 39.9 Å². The molecule has 3 aromatic rings. The number of aromatic nitrogens is 1. The fourth-order valence-electron chi connectivity index (χ4n) is 3.67. The van der Waals surface area contributed by atoms with Crippen LogP contribution in [0.3, 0.4) is 0 Å². The number of nitrogens with zero attached hydrogens (tertiary/aromatic N) is 2. The minimum atomic E-state index is 0.187. The van der Waals surface area contributed by atoms with Crippen molar-refractivity contribution in [2.45, 2.75) is 6.42 Å². The molecule has 2 heterocycles. The lowest BCUT2D eigenvalue weighted by Gasteiger charge is -2.16. The molecule has 0 radical (unpaired) electrons. The molecule has 1 saturated heterocycles. The first-order valence-electron chi connectivity index (χ1n) is 9.04. The number of carbonyl (C=O) groups excluding carboxylic acids is 1. The number of hydrogen-bond donors (Lipinski definition) is 0. The molecule has 1 atom stereocenters. The number of benzene rings is 2. The van der Waals surface area contributed by atoms with E-state index in [0.29, 0.717) is 13.0 Å². The second-order valence-corrected chi connectivity index (χ2v) is 6.89. The van der Waals surface area contributed by atoms with E-state index >= 15 is 0 Å². The Morgan fingerprint density at radius 2 is 1.89 bits per heavy atom. The van der Waals surface area contributed by atoms with Crippen LogP contribution >= 0.6 is 0 Å². The van der Waals surface area contributed by atoms with Gasteiger partial charge in [-0.2, -0.15) is 0 Å². The summed E-state index contributed by atoms with van der Waals surface area (Å²) in [7, 11) is 3.51. The van der Waals surface area contributed by atoms with Crippen LogP contribution in [0.15, 0.2) is 54.9 Å². The van der Waals surface area contributed by atoms with Crippen LogP contribution in [0.2, 0.25) is 0 Å². The number of hydrogen-bond acceptors (Lipinski definition) is 4. The van der Waals surface area contributed by atoms with Crippen LogP contribution in [-0.2, 0) is 4.79 Å². The van der Waals surface area contributed by atoms with Gasteiger partial charge in [-0.25, -0.2) is 0 Å². The summed E-state index contributed by atoms with van der Waals surface area (Å²) in [6.45, 7) is 1.29. The van der Waals surface area contributed by atoms with Crippen LogP contribution in [0.5, 0.6) is 11.5 Å². The van der Waals surface area contributed by atoms with E-state index in [1.807, 2.05) is 43.6 Å². The van der Waals surface area contributed by atoms with Gasteiger partial charge in [0.2, 0.25) is 5.91 Å². The molecule has 27 heavy (non-hydrogen) atoms. The summed E-state index contributed by atoms with van der Waals surface area (Å²) in [6, 6.07) is 14.1. The van der Waals surface area contributed by atoms with Crippen molar-refractivity contribution in [1.82, 2.24) is 9.88 Å². The van der Waals surface area contributed by atoms with E-state index in [-0.39, 0.29) is 11.8 Å². The highest BCUT2D eigenvalue weighted by molar-refractivity contribution is 6.01. The third kappa shape index (κ3) is 3.33. The van der Waals surface area contributed by atoms with Crippen LogP contribution < -0.4 is 9.47 Å². The van der Waals surface area contributed by atoms with E-state index in [2.05, 4.69) is 17.1 Å². The first-order valence-corrected chi connectivity index (χ1v) is 9.04. The summed E-state index contributed by atoms with van der Waals surface area (Å²) in [5, 5.41) is 2.12. The first kappa shape index (κ1) is 17.3. The number of likely N-dealkylation sites (tertiary alicyclic amines) is 1. The lowest BCUT2D eigenvalue weighted by atomic mass is 9.98. The quantitative estimate of drug-likeness (QED) is 0.693. The fourth-order valence-corrected chi connectivity index (χ4v) is 3.67. The Hall–Kier alpha value is -3.08. The van der Waals surface area contributed by atoms with Gasteiger partial charge in [0.25, 0.3) is 0 Å². The van der Waals surface area contributed by atoms with Gasteiger partial charge in [-0.15, -0.1) is 0 Å². The lowest BCUT2D eigenvalue weighted by Crippen LogP contribution is -2.20. The molecule has 1 amide bonds. The molecule has 1 aromatic heterocycles. The van der Waals surface area contributed by atoms with Gasteiger partial charge in [0, 0.05) is 49.3 Å². The molecule has 5 nitrogen and oxygen atoms in total. The Bertz CT molecular complexity index is 986. The molecule has 0 saturated carbocycles. The summed E-state index contributed by atoms with van der Waals surface area (Å²) in [4.78, 5) is 17.7. The average Bonchev–Trinajstić information content (AvgIpc) is 3.03. The van der Waals surface area contributed by atoms with Gasteiger partial charge < -0.3 is 14.4 Å². The van der Waals surface area contributed by atoms with Crippen LogP contribution in [0.1, 0.15) is 6.42 Å². The topological polar surface area (TPSA) is 51.7 Å². The Morgan fingerprint density at radius 3 is 2.63 bits per heavy atom. The maximum atomic E-state index is 11.7. The van der Waals surface area contributed by atoms with Crippen molar-refractivity contribution in [1.29, 1.82) is 0 Å². The average molecular weight is 362 g/mol. The highest BCUT2D eigenvalue weighted by atomic mass is 16.5. The van der Waals surface area contributed by atoms with Crippen LogP contribution in [0.25, 0.3) is 21.9 Å². The molecule has 1 aliphatic heterocycles. The van der Waals surface area contributed by atoms with Gasteiger partial charge in [0.1, 0.15) is 11.5 Å². The molecule has 1 aliphatic rings. The van der Waals surface area contributed by atoms with Gasteiger partial charge in [0.15, 0.2) is 0 Å². The number of ether oxygens (including phenoxy) is 2. The van der Waals surface area contributed by atoms with Gasteiger partial charge in [-0.3, -0.25) is 9.78 Å². The van der Waals surface area contributed by atoms with Gasteiger partial charge in [-0.05, 0) is 29.1 Å². The molecular formula is C22H22N2O3. The number of pyridine rings is 1. The van der Waals surface area contributed by atoms with E-state index < -0.39 is 0 Å². The molecule has 2 aromatic carbocycles. The van der Waals surface area contributed by atoms with Crippen LogP contribution in [-0.4, -0.2) is 43.1 Å². The number of rotatable bonds is 5. The lowest BCUT2D eigenvalue weighted by molar-refractivity contribution is -0.126. The second kappa shape index (κ2) is 7.27. The summed E-state index contributed by atoms with van der Waals surface area (Å²) in [5.74, 6) is 2.04. The van der Waals surface area contributed by atoms with Crippen molar-refractivity contribution in [3.63, 3.8) is 0 Å². The Labute approximate surface area is 158 Å². The van der Waals surface area contributed by atoms with E-state index in [1.54, 1.807) is 18.2 Å². The molecule has 0 spiro atoms. The summed E-state index contributed by atoms with van der Waals surface area (Å²) >= 11 is 0. The maximum Gasteiger partial charge on any atom is 0.222 e. The van der Waals surface area contributed by atoms with Crippen LogP contribution in [0, 0.1) is 5.92 Å². The molecular weight excluding hydrogens is 340 g/mol. The van der Waals surface area contributed by atoms with Crippen molar-refractivity contribution < 1.29 is 14.3 Å². The van der Waals surface area contributed by atoms with Crippen LogP contribution in [0.4, 0.5) is 0 Å². The molecule has 0 bridgehead atoms. The van der Waals surface area contributed by atoms with Crippen molar-refractivity contribution in [3.05, 3.63) is 54.9 Å². The third-order valence-corrected chi connectivity index (χ3v) is 5.07. The molecule has 5 heteroatoms. The Kier molecular flexibility index (Phi) is 4.67. The zero-order chi connectivity index (χ0) is 18.8. The Balaban J connectivity index is 1.68. The van der Waals surface area contributed by atoms with Crippen molar-refractivity contribution in [2.75, 3.05) is 27.3 Å². The first-order chi connectivity index (χ1) is 13.2. The fraction of sp³-hybridized carbons (Fsp3) is 0.273. The molecule has 4 rings (SSSR count). The standard InChI is InChI=1S/C22H22N2O3/c1-24-13-15(11-22(24)25)14-27-21-8-7-17(16-5-3-4-6-18(16)21)19-12-23-10-9-20(19)26-2/h3-10,12,15H,11,13-14H2,1-2H3. The minimum Gasteiger partial charge on any atom is -0.496 e. The summed E-state index contributed by atoms with van der Waals surface area (Å²) in [5.41, 5.74) is 2.00. The Morgan fingerprint density at radius 1 is 1.07 bits per heavy atom. The number of amides is 1. The molecule has 1 fully saturated rings. The van der Waals surface area contributed by atoms with Crippen molar-refractivity contribution in [3.8, 4) is 22.6 Å². The third-order valence-electron chi connectivity index (χ3n) is 5.07. The normalized spacial score (nSPS) is 16.7. The number of fused-ring (bicyclic) bond motifs is 1. The summed E-state index contributed by atoms with van der Waals surface area (Å²) in [6.07, 6.45) is 4.10. The van der Waals surface area contributed by atoms with E-state index in [1.165, 1.54) is 0 Å². The largest absolute Gasteiger partial charge is 0.496 e. The van der Waals surface area contributed by atoms with E-state index in [9.17, 15) is 4.79 Å². The predicted octanol–water partition coefficient (Wildman–Crippen LogP) is 3.77.